The van der Waals surface area contributed by atoms with Crippen molar-refractivity contribution >= 4 is 40.7 Å². The van der Waals surface area contributed by atoms with Gasteiger partial charge in [-0.1, -0.05) is 35.3 Å². The van der Waals surface area contributed by atoms with Crippen molar-refractivity contribution < 1.29 is 46.7 Å². The zero-order valence-corrected chi connectivity index (χ0v) is 36.0. The van der Waals surface area contributed by atoms with E-state index in [1.165, 1.54) is 12.1 Å². The molecule has 4 fully saturated rings. The second-order valence-electron chi connectivity index (χ2n) is 17.2. The van der Waals surface area contributed by atoms with E-state index in [0.717, 1.165) is 24.5 Å². The molecule has 0 spiro atoms. The van der Waals surface area contributed by atoms with Gasteiger partial charge < -0.3 is 48.3 Å². The monoisotopic (exact) mass is 880 g/mol. The summed E-state index contributed by atoms with van der Waals surface area (Å²) in [5, 5.41) is 4.14. The molecule has 2 unspecified atom stereocenters. The first-order valence-corrected chi connectivity index (χ1v) is 21.2. The second kappa shape index (κ2) is 15.9. The number of nitrogens with one attached hydrogen (secondary N) is 1. The van der Waals surface area contributed by atoms with Gasteiger partial charge in [0.15, 0.2) is 23.0 Å². The largest absolute Gasteiger partial charge is 0.444 e. The number of anilines is 2. The Labute approximate surface area is 363 Å². The maximum Gasteiger partial charge on any atom is 0.410 e. The van der Waals surface area contributed by atoms with E-state index < -0.39 is 28.8 Å². The minimum Gasteiger partial charge on any atom is -0.444 e. The van der Waals surface area contributed by atoms with Crippen LogP contribution in [0.25, 0.3) is 0 Å². The van der Waals surface area contributed by atoms with Gasteiger partial charge in [0.2, 0.25) is 0 Å². The van der Waals surface area contributed by atoms with Gasteiger partial charge in [0.05, 0.1) is 73.1 Å². The molecule has 4 saturated heterocycles. The van der Waals surface area contributed by atoms with Gasteiger partial charge in [-0.2, -0.15) is 0 Å². The van der Waals surface area contributed by atoms with E-state index in [9.17, 15) is 13.6 Å². The third-order valence-corrected chi connectivity index (χ3v) is 12.3. The fourth-order valence-electron chi connectivity index (χ4n) is 9.01. The van der Waals surface area contributed by atoms with Crippen molar-refractivity contribution in [1.29, 1.82) is 0 Å². The van der Waals surface area contributed by atoms with E-state index in [-0.39, 0.29) is 29.8 Å². The quantitative estimate of drug-likeness (QED) is 0.215. The first kappa shape index (κ1) is 41.6. The molecule has 10 rings (SSSR count). The molecular formula is C45H48Cl2F2N4O8. The molecule has 6 heterocycles. The first-order chi connectivity index (χ1) is 29.1. The summed E-state index contributed by atoms with van der Waals surface area (Å²) in [6, 6.07) is 20.7. The number of carbonyl (C=O) groups excluding carboxylic acids is 1. The van der Waals surface area contributed by atoms with E-state index in [2.05, 4.69) is 15.1 Å². The van der Waals surface area contributed by atoms with Crippen LogP contribution in [0, 0.1) is 11.6 Å². The molecule has 0 aromatic heterocycles. The molecule has 0 saturated carbocycles. The highest BCUT2D eigenvalue weighted by Gasteiger charge is 2.48. The molecule has 16 heteroatoms. The number of rotatable bonds is 4. The molecule has 1 N–H and O–H groups in total. The summed E-state index contributed by atoms with van der Waals surface area (Å²) < 4.78 is 71.0. The highest BCUT2D eigenvalue weighted by Crippen LogP contribution is 2.52. The Balaban J connectivity index is 0.000000160. The number of ether oxygens (including phenoxy) is 7. The van der Waals surface area contributed by atoms with Gasteiger partial charge in [0.1, 0.15) is 17.2 Å². The number of nitrogens with zero attached hydrogens (tertiary/aromatic N) is 3. The van der Waals surface area contributed by atoms with Crippen LogP contribution in [0.1, 0.15) is 45.7 Å². The molecule has 324 valence electrons. The number of hydrogen-bond donors (Lipinski definition) is 1. The van der Waals surface area contributed by atoms with Crippen LogP contribution in [0.5, 0.6) is 23.0 Å². The van der Waals surface area contributed by atoms with Crippen LogP contribution in [0.4, 0.5) is 25.0 Å². The van der Waals surface area contributed by atoms with Crippen LogP contribution in [0.3, 0.4) is 0 Å². The highest BCUT2D eigenvalue weighted by atomic mass is 35.5. The molecule has 1 amide bonds. The maximum atomic E-state index is 14.7. The molecule has 6 aliphatic heterocycles. The van der Waals surface area contributed by atoms with Crippen LogP contribution in [-0.4, -0.2) is 93.4 Å². The summed E-state index contributed by atoms with van der Waals surface area (Å²) >= 11 is 11.8. The molecule has 4 aromatic carbocycles. The van der Waals surface area contributed by atoms with Crippen LogP contribution in [0.15, 0.2) is 72.8 Å². The van der Waals surface area contributed by atoms with Crippen molar-refractivity contribution in [3.05, 3.63) is 106 Å². The minimum absolute atomic E-state index is 0.0736. The SMILES string of the molecule is CC(C)(C)OC(=O)N1CCN(c2cccc3c2OC(C)(c2ccc(Cl)cc2F)O3)[C@@H]2COC[C@@H]21.CC1(c2ccc(Cl)cc2F)Oc2cccc(N3CCN[C@H]4COC[C@H]43)c2O1. The fourth-order valence-corrected chi connectivity index (χ4v) is 9.33. The average molecular weight is 882 g/mol. The third-order valence-electron chi connectivity index (χ3n) is 11.8. The van der Waals surface area contributed by atoms with E-state index in [4.69, 9.17) is 56.4 Å². The molecule has 6 aliphatic rings. The predicted octanol–water partition coefficient (Wildman–Crippen LogP) is 8.25. The Morgan fingerprint density at radius 2 is 1.23 bits per heavy atom. The molecule has 0 aliphatic carbocycles. The normalized spacial score (nSPS) is 27.3. The number of amides is 1. The van der Waals surface area contributed by atoms with Crippen LogP contribution < -0.4 is 34.1 Å². The average Bonchev–Trinajstić information content (AvgIpc) is 4.01. The van der Waals surface area contributed by atoms with E-state index in [1.54, 1.807) is 49.1 Å². The lowest BCUT2D eigenvalue weighted by atomic mass is 10.0. The Morgan fingerprint density at radius 1 is 0.705 bits per heavy atom. The summed E-state index contributed by atoms with van der Waals surface area (Å²) in [4.78, 5) is 19.1. The number of carbonyl (C=O) groups is 1. The van der Waals surface area contributed by atoms with Crippen LogP contribution in [0.2, 0.25) is 10.0 Å². The topological polar surface area (TPSA) is 103 Å². The zero-order valence-electron chi connectivity index (χ0n) is 34.5. The van der Waals surface area contributed by atoms with Gasteiger partial charge in [0, 0.05) is 50.1 Å². The van der Waals surface area contributed by atoms with Gasteiger partial charge in [-0.3, -0.25) is 4.90 Å². The van der Waals surface area contributed by atoms with Gasteiger partial charge in [0.25, 0.3) is 11.6 Å². The van der Waals surface area contributed by atoms with Gasteiger partial charge in [-0.05, 0) is 81.4 Å². The van der Waals surface area contributed by atoms with Gasteiger partial charge >= 0.3 is 6.09 Å². The van der Waals surface area contributed by atoms with E-state index >= 15 is 0 Å². The predicted molar refractivity (Wildman–Crippen MR) is 225 cm³/mol. The maximum absolute atomic E-state index is 14.7. The standard InChI is InChI=1S/C25H28ClFN2O5.C20H20ClFN2O3/c1-24(2,3)34-23(30)29-11-10-28(19-13-31-14-20(19)29)18-6-5-7-21-22(18)33-25(4,32-21)16-9-8-15(26)12-17(16)27;1-20(13-6-5-12(21)9-14(13)22)26-18-4-2-3-16(19(18)27-20)24-8-7-23-15-10-25-11-17(15)24/h5-9,12,19-20H,10-11,13-14H2,1-4H3;2-6,9,15,17,23H,7-8,10-11H2,1H3/t19-,20+,25?;15-,17+,20?/m10/s1. The van der Waals surface area contributed by atoms with Crippen LogP contribution in [-0.2, 0) is 25.8 Å². The second-order valence-corrected chi connectivity index (χ2v) is 18.0. The lowest BCUT2D eigenvalue weighted by Crippen LogP contribution is -2.61. The van der Waals surface area contributed by atoms with Crippen molar-refractivity contribution in [2.75, 3.05) is 62.4 Å². The van der Waals surface area contributed by atoms with Crippen molar-refractivity contribution in [3.8, 4) is 23.0 Å². The summed E-state index contributed by atoms with van der Waals surface area (Å²) in [5.74, 6) is -1.22. The Hall–Kier alpha value is -4.73. The Bertz CT molecular complexity index is 2340. The van der Waals surface area contributed by atoms with Gasteiger partial charge in [-0.25, -0.2) is 13.6 Å². The lowest BCUT2D eigenvalue weighted by Gasteiger charge is -2.44. The lowest BCUT2D eigenvalue weighted by molar-refractivity contribution is -0.0710. The Morgan fingerprint density at radius 3 is 1.79 bits per heavy atom. The summed E-state index contributed by atoms with van der Waals surface area (Å²) in [6.45, 7) is 14.0. The number of benzene rings is 4. The van der Waals surface area contributed by atoms with Crippen LogP contribution >= 0.6 is 23.2 Å². The fraction of sp³-hybridized carbons (Fsp3) is 0.444. The molecule has 12 nitrogen and oxygen atoms in total. The zero-order chi connectivity index (χ0) is 42.8. The number of piperazine rings is 2. The summed E-state index contributed by atoms with van der Waals surface area (Å²) in [7, 11) is 0. The summed E-state index contributed by atoms with van der Waals surface area (Å²) in [5.41, 5.74) is 1.77. The van der Waals surface area contributed by atoms with Crippen molar-refractivity contribution in [1.82, 2.24) is 10.2 Å². The van der Waals surface area contributed by atoms with Gasteiger partial charge in [-0.15, -0.1) is 0 Å². The number of hydrogen-bond acceptors (Lipinski definition) is 11. The summed E-state index contributed by atoms with van der Waals surface area (Å²) in [6.07, 6.45) is -0.337. The van der Waals surface area contributed by atoms with E-state index in [0.29, 0.717) is 84.2 Å². The van der Waals surface area contributed by atoms with Crippen molar-refractivity contribution in [3.63, 3.8) is 0 Å². The molecular weight excluding hydrogens is 833 g/mol. The molecule has 4 aromatic rings. The Kier molecular flexibility index (Phi) is 10.8. The number of para-hydroxylation sites is 2. The molecule has 61 heavy (non-hydrogen) atoms. The number of halogens is 4. The van der Waals surface area contributed by atoms with Crippen molar-refractivity contribution in [2.45, 2.75) is 76.0 Å². The molecule has 6 atom stereocenters. The molecule has 0 radical (unpaired) electrons. The van der Waals surface area contributed by atoms with Crippen molar-refractivity contribution in [2.24, 2.45) is 0 Å². The smallest absolute Gasteiger partial charge is 0.410 e. The minimum atomic E-state index is -1.34. The first-order valence-electron chi connectivity index (χ1n) is 20.5. The highest BCUT2D eigenvalue weighted by molar-refractivity contribution is 6.30. The molecule has 0 bridgehead atoms. The third kappa shape index (κ3) is 7.86. The van der Waals surface area contributed by atoms with E-state index in [1.807, 2.05) is 51.1 Å². The number of fused-ring (bicyclic) bond motifs is 4.